The zero-order valence-corrected chi connectivity index (χ0v) is 13.0. The van der Waals surface area contributed by atoms with Gasteiger partial charge in [-0.1, -0.05) is 11.6 Å². The van der Waals surface area contributed by atoms with Gasteiger partial charge in [-0.25, -0.2) is 13.4 Å². The SMILES string of the molecule is Nc1ccc(S(=O)(=O)Nc2cc(Cl)cc3scnc23)cc1. The lowest BCUT2D eigenvalue weighted by Gasteiger charge is -2.09. The van der Waals surface area contributed by atoms with Crippen LogP contribution >= 0.6 is 22.9 Å². The molecule has 21 heavy (non-hydrogen) atoms. The van der Waals surface area contributed by atoms with E-state index in [-0.39, 0.29) is 4.90 Å². The molecule has 0 saturated heterocycles. The molecule has 108 valence electrons. The number of nitrogens with zero attached hydrogens (tertiary/aromatic N) is 1. The summed E-state index contributed by atoms with van der Waals surface area (Å²) >= 11 is 7.40. The molecule has 0 unspecified atom stereocenters. The van der Waals surface area contributed by atoms with E-state index in [1.807, 2.05) is 0 Å². The minimum Gasteiger partial charge on any atom is -0.399 e. The Morgan fingerprint density at radius 1 is 1.19 bits per heavy atom. The predicted octanol–water partition coefficient (Wildman–Crippen LogP) is 3.33. The summed E-state index contributed by atoms with van der Waals surface area (Å²) in [6.07, 6.45) is 0. The minimum absolute atomic E-state index is 0.125. The van der Waals surface area contributed by atoms with Crippen LogP contribution in [0.2, 0.25) is 5.02 Å². The van der Waals surface area contributed by atoms with Crippen LogP contribution in [0.15, 0.2) is 46.8 Å². The third kappa shape index (κ3) is 2.80. The molecular formula is C13H10ClN3O2S2. The van der Waals surface area contributed by atoms with Crippen LogP contribution in [-0.2, 0) is 10.0 Å². The summed E-state index contributed by atoms with van der Waals surface area (Å²) in [7, 11) is -3.72. The van der Waals surface area contributed by atoms with Gasteiger partial charge in [-0.15, -0.1) is 11.3 Å². The van der Waals surface area contributed by atoms with Gasteiger partial charge in [-0.05, 0) is 36.4 Å². The first-order valence-electron chi connectivity index (χ1n) is 5.87. The molecule has 0 radical (unpaired) electrons. The Labute approximate surface area is 130 Å². The molecule has 0 fully saturated rings. The van der Waals surface area contributed by atoms with E-state index < -0.39 is 10.0 Å². The highest BCUT2D eigenvalue weighted by Gasteiger charge is 2.17. The molecular weight excluding hydrogens is 330 g/mol. The van der Waals surface area contributed by atoms with Gasteiger partial charge in [0.15, 0.2) is 0 Å². The van der Waals surface area contributed by atoms with Gasteiger partial charge in [0.25, 0.3) is 10.0 Å². The van der Waals surface area contributed by atoms with Crippen molar-refractivity contribution in [2.45, 2.75) is 4.90 Å². The molecule has 0 aliphatic carbocycles. The number of aromatic nitrogens is 1. The first-order chi connectivity index (χ1) is 9.95. The largest absolute Gasteiger partial charge is 0.399 e. The normalized spacial score (nSPS) is 11.7. The molecule has 5 nitrogen and oxygen atoms in total. The number of nitrogens with one attached hydrogen (secondary N) is 1. The maximum absolute atomic E-state index is 12.4. The zero-order valence-electron chi connectivity index (χ0n) is 10.6. The summed E-state index contributed by atoms with van der Waals surface area (Å²) in [4.78, 5) is 4.29. The Morgan fingerprint density at radius 2 is 1.90 bits per heavy atom. The lowest BCUT2D eigenvalue weighted by molar-refractivity contribution is 0.601. The molecule has 8 heteroatoms. The monoisotopic (exact) mass is 339 g/mol. The van der Waals surface area contributed by atoms with E-state index >= 15 is 0 Å². The van der Waals surface area contributed by atoms with Crippen LogP contribution < -0.4 is 10.5 Å². The lowest BCUT2D eigenvalue weighted by atomic mass is 10.3. The van der Waals surface area contributed by atoms with Gasteiger partial charge in [0.2, 0.25) is 0 Å². The highest BCUT2D eigenvalue weighted by atomic mass is 35.5. The molecule has 1 aromatic heterocycles. The van der Waals surface area contributed by atoms with Gasteiger partial charge in [-0.3, -0.25) is 4.72 Å². The van der Waals surface area contributed by atoms with Crippen molar-refractivity contribution >= 4 is 54.6 Å². The second-order valence-corrected chi connectivity index (χ2v) is 7.33. The molecule has 0 bridgehead atoms. The van der Waals surface area contributed by atoms with Crippen molar-refractivity contribution in [3.63, 3.8) is 0 Å². The number of halogens is 1. The van der Waals surface area contributed by atoms with Crippen LogP contribution in [0, 0.1) is 0 Å². The Hall–Kier alpha value is -1.83. The van der Waals surface area contributed by atoms with Crippen molar-refractivity contribution in [3.8, 4) is 0 Å². The summed E-state index contributed by atoms with van der Waals surface area (Å²) in [5.74, 6) is 0. The van der Waals surface area contributed by atoms with E-state index in [1.54, 1.807) is 17.6 Å². The summed E-state index contributed by atoms with van der Waals surface area (Å²) in [6.45, 7) is 0. The van der Waals surface area contributed by atoms with E-state index in [1.165, 1.54) is 35.6 Å². The van der Waals surface area contributed by atoms with Crippen molar-refractivity contribution in [1.29, 1.82) is 0 Å². The zero-order chi connectivity index (χ0) is 15.0. The fourth-order valence-corrected chi connectivity index (χ4v) is 3.94. The van der Waals surface area contributed by atoms with Crippen molar-refractivity contribution in [2.75, 3.05) is 10.5 Å². The second kappa shape index (κ2) is 5.18. The van der Waals surface area contributed by atoms with E-state index in [0.717, 1.165) is 4.70 Å². The maximum Gasteiger partial charge on any atom is 0.261 e. The van der Waals surface area contributed by atoms with Gasteiger partial charge in [0.1, 0.15) is 5.52 Å². The van der Waals surface area contributed by atoms with E-state index in [4.69, 9.17) is 17.3 Å². The number of benzene rings is 2. The quantitative estimate of drug-likeness (QED) is 0.717. The molecule has 0 amide bonds. The number of hydrogen-bond acceptors (Lipinski definition) is 5. The standard InChI is InChI=1S/C13H10ClN3O2S2/c14-8-5-11(13-12(6-8)20-7-16-13)17-21(18,19)10-3-1-9(15)2-4-10/h1-7,17H,15H2. The van der Waals surface area contributed by atoms with Crippen LogP contribution in [0.3, 0.4) is 0 Å². The third-order valence-electron chi connectivity index (χ3n) is 2.84. The first-order valence-corrected chi connectivity index (χ1v) is 8.61. The molecule has 0 aliphatic rings. The molecule has 3 rings (SSSR count). The number of hydrogen-bond donors (Lipinski definition) is 2. The Balaban J connectivity index is 2.05. The number of thiazole rings is 1. The molecule has 0 atom stereocenters. The van der Waals surface area contributed by atoms with Crippen molar-refractivity contribution in [3.05, 3.63) is 46.9 Å². The summed E-state index contributed by atoms with van der Waals surface area (Å²) in [5.41, 5.74) is 8.63. The van der Waals surface area contributed by atoms with Gasteiger partial charge in [-0.2, -0.15) is 0 Å². The van der Waals surface area contributed by atoms with Gasteiger partial charge in [0, 0.05) is 10.7 Å². The van der Waals surface area contributed by atoms with Crippen LogP contribution in [0.1, 0.15) is 0 Å². The van der Waals surface area contributed by atoms with Gasteiger partial charge >= 0.3 is 0 Å². The number of anilines is 2. The highest BCUT2D eigenvalue weighted by Crippen LogP contribution is 2.31. The van der Waals surface area contributed by atoms with Gasteiger partial charge in [0.05, 0.1) is 20.8 Å². The molecule has 3 N–H and O–H groups in total. The van der Waals surface area contributed by atoms with Gasteiger partial charge < -0.3 is 5.73 Å². The van der Waals surface area contributed by atoms with Crippen LogP contribution in [0.25, 0.3) is 10.2 Å². The fraction of sp³-hybridized carbons (Fsp3) is 0. The van der Waals surface area contributed by atoms with E-state index in [2.05, 4.69) is 9.71 Å². The Morgan fingerprint density at radius 3 is 2.62 bits per heavy atom. The number of nitrogen functional groups attached to an aromatic ring is 1. The molecule has 0 spiro atoms. The average Bonchev–Trinajstić information content (AvgIpc) is 2.87. The number of fused-ring (bicyclic) bond motifs is 1. The van der Waals surface area contributed by atoms with E-state index in [0.29, 0.717) is 21.9 Å². The Bertz CT molecular complexity index is 905. The van der Waals surface area contributed by atoms with Crippen molar-refractivity contribution < 1.29 is 8.42 Å². The van der Waals surface area contributed by atoms with Crippen LogP contribution in [0.5, 0.6) is 0 Å². The average molecular weight is 340 g/mol. The van der Waals surface area contributed by atoms with Crippen molar-refractivity contribution in [1.82, 2.24) is 4.98 Å². The van der Waals surface area contributed by atoms with Crippen LogP contribution in [-0.4, -0.2) is 13.4 Å². The van der Waals surface area contributed by atoms with E-state index in [9.17, 15) is 8.42 Å². The molecule has 0 aliphatic heterocycles. The Kier molecular flexibility index (Phi) is 3.48. The summed E-state index contributed by atoms with van der Waals surface area (Å²) in [6, 6.07) is 9.24. The fourth-order valence-electron chi connectivity index (χ4n) is 1.86. The van der Waals surface area contributed by atoms with Crippen molar-refractivity contribution in [2.24, 2.45) is 0 Å². The first kappa shape index (κ1) is 14.1. The lowest BCUT2D eigenvalue weighted by Crippen LogP contribution is -2.13. The topological polar surface area (TPSA) is 85.1 Å². The minimum atomic E-state index is -3.72. The number of sulfonamides is 1. The third-order valence-corrected chi connectivity index (χ3v) is 5.21. The summed E-state index contributed by atoms with van der Waals surface area (Å²) in [5, 5.41) is 0.446. The number of rotatable bonds is 3. The highest BCUT2D eigenvalue weighted by molar-refractivity contribution is 7.92. The van der Waals surface area contributed by atoms with Crippen LogP contribution in [0.4, 0.5) is 11.4 Å². The summed E-state index contributed by atoms with van der Waals surface area (Å²) < 4.78 is 28.1. The predicted molar refractivity (Wildman–Crippen MR) is 86.3 cm³/mol. The molecule has 1 heterocycles. The second-order valence-electron chi connectivity index (χ2n) is 4.33. The smallest absolute Gasteiger partial charge is 0.261 e. The molecule has 0 saturated carbocycles. The number of nitrogens with two attached hydrogens (primary N) is 1. The maximum atomic E-state index is 12.4. The molecule has 2 aromatic carbocycles. The molecule has 3 aromatic rings.